The maximum Gasteiger partial charge on any atom is 0.293 e. The second kappa shape index (κ2) is 7.48. The van der Waals surface area contributed by atoms with Crippen LogP contribution in [-0.2, 0) is 0 Å². The van der Waals surface area contributed by atoms with Crippen LogP contribution in [0.3, 0.4) is 0 Å². The molecule has 0 radical (unpaired) electrons. The number of aromatic nitrogens is 2. The van der Waals surface area contributed by atoms with Gasteiger partial charge in [0.1, 0.15) is 0 Å². The van der Waals surface area contributed by atoms with E-state index in [9.17, 15) is 4.79 Å². The molecule has 0 saturated carbocycles. The molecule has 28 heavy (non-hydrogen) atoms. The number of furan rings is 1. The van der Waals surface area contributed by atoms with Gasteiger partial charge in [-0.1, -0.05) is 59.7 Å². The highest BCUT2D eigenvalue weighted by molar-refractivity contribution is 6.01. The lowest BCUT2D eigenvalue weighted by atomic mass is 10.1. The second-order valence-electron chi connectivity index (χ2n) is 6.63. The van der Waals surface area contributed by atoms with Crippen LogP contribution in [-0.4, -0.2) is 15.9 Å². The van der Waals surface area contributed by atoms with Gasteiger partial charge in [0, 0.05) is 11.1 Å². The van der Waals surface area contributed by atoms with Crippen LogP contribution >= 0.6 is 0 Å². The molecular formula is C23H19N3O2. The van der Waals surface area contributed by atoms with E-state index in [1.165, 1.54) is 17.4 Å². The molecule has 5 nitrogen and oxygen atoms in total. The van der Waals surface area contributed by atoms with Crippen molar-refractivity contribution in [1.29, 1.82) is 0 Å². The fourth-order valence-corrected chi connectivity index (χ4v) is 2.82. The molecule has 0 saturated heterocycles. The van der Waals surface area contributed by atoms with Crippen molar-refractivity contribution in [1.82, 2.24) is 9.97 Å². The van der Waals surface area contributed by atoms with Gasteiger partial charge in [-0.15, -0.1) is 0 Å². The van der Waals surface area contributed by atoms with Crippen molar-refractivity contribution >= 4 is 11.9 Å². The third-order valence-corrected chi connectivity index (χ3v) is 4.39. The minimum Gasteiger partial charge on any atom is -0.459 e. The van der Waals surface area contributed by atoms with Gasteiger partial charge < -0.3 is 4.42 Å². The highest BCUT2D eigenvalue weighted by atomic mass is 16.3. The number of nitrogens with zero attached hydrogens (tertiary/aromatic N) is 2. The van der Waals surface area contributed by atoms with Gasteiger partial charge in [0.15, 0.2) is 5.76 Å². The Labute approximate surface area is 163 Å². The van der Waals surface area contributed by atoms with Crippen molar-refractivity contribution in [3.05, 3.63) is 89.9 Å². The molecule has 2 aromatic carbocycles. The lowest BCUT2D eigenvalue weighted by Gasteiger charge is -2.10. The average molecular weight is 369 g/mol. The van der Waals surface area contributed by atoms with Crippen molar-refractivity contribution in [2.75, 3.05) is 5.32 Å². The smallest absolute Gasteiger partial charge is 0.293 e. The number of carbonyl (C=O) groups excluding carboxylic acids is 1. The molecule has 4 aromatic rings. The van der Waals surface area contributed by atoms with Gasteiger partial charge >= 0.3 is 0 Å². The number of amides is 1. The Morgan fingerprint density at radius 3 is 1.82 bits per heavy atom. The summed E-state index contributed by atoms with van der Waals surface area (Å²) < 4.78 is 5.16. The first kappa shape index (κ1) is 17.7. The van der Waals surface area contributed by atoms with Crippen LogP contribution in [0.25, 0.3) is 22.5 Å². The summed E-state index contributed by atoms with van der Waals surface area (Å²) in [6, 6.07) is 21.4. The first-order valence-electron chi connectivity index (χ1n) is 8.96. The molecular weight excluding hydrogens is 350 g/mol. The summed E-state index contributed by atoms with van der Waals surface area (Å²) in [6.07, 6.45) is 1.45. The zero-order chi connectivity index (χ0) is 19.5. The maximum absolute atomic E-state index is 12.4. The standard InChI is InChI=1S/C23H19N3O2/c1-15-5-9-17(10-6-15)19-14-20(18-11-7-16(2)8-12-18)25-23(24-19)26-22(27)21-4-3-13-28-21/h3-14H,1-2H3,(H,24,25,26,27). The van der Waals surface area contributed by atoms with E-state index >= 15 is 0 Å². The number of rotatable bonds is 4. The summed E-state index contributed by atoms with van der Waals surface area (Å²) >= 11 is 0. The van der Waals surface area contributed by atoms with E-state index in [4.69, 9.17) is 4.42 Å². The van der Waals surface area contributed by atoms with E-state index in [1.807, 2.05) is 68.4 Å². The predicted molar refractivity (Wildman–Crippen MR) is 109 cm³/mol. The number of aryl methyl sites for hydroxylation is 2. The Morgan fingerprint density at radius 1 is 0.821 bits per heavy atom. The topological polar surface area (TPSA) is 68.0 Å². The predicted octanol–water partition coefficient (Wildman–Crippen LogP) is 5.27. The molecule has 0 atom stereocenters. The third-order valence-electron chi connectivity index (χ3n) is 4.39. The highest BCUT2D eigenvalue weighted by Crippen LogP contribution is 2.26. The first-order valence-corrected chi connectivity index (χ1v) is 8.96. The number of hydrogen-bond donors (Lipinski definition) is 1. The normalized spacial score (nSPS) is 10.6. The van der Waals surface area contributed by atoms with Gasteiger partial charge in [0.25, 0.3) is 5.91 Å². The minimum absolute atomic E-state index is 0.209. The summed E-state index contributed by atoms with van der Waals surface area (Å²) in [5.41, 5.74) is 5.72. The van der Waals surface area contributed by atoms with E-state index in [1.54, 1.807) is 12.1 Å². The molecule has 0 aliphatic rings. The van der Waals surface area contributed by atoms with Crippen LogP contribution < -0.4 is 5.32 Å². The molecule has 4 rings (SSSR count). The molecule has 138 valence electrons. The van der Waals surface area contributed by atoms with Crippen molar-refractivity contribution in [3.63, 3.8) is 0 Å². The monoisotopic (exact) mass is 369 g/mol. The van der Waals surface area contributed by atoms with Crippen molar-refractivity contribution in [2.24, 2.45) is 0 Å². The third kappa shape index (κ3) is 3.83. The number of hydrogen-bond acceptors (Lipinski definition) is 4. The van der Waals surface area contributed by atoms with Gasteiger partial charge in [-0.3, -0.25) is 10.1 Å². The zero-order valence-electron chi connectivity index (χ0n) is 15.6. The molecule has 5 heteroatoms. The van der Waals surface area contributed by atoms with Crippen LogP contribution in [0.5, 0.6) is 0 Å². The summed E-state index contributed by atoms with van der Waals surface area (Å²) in [4.78, 5) is 21.5. The molecule has 0 aliphatic heterocycles. The van der Waals surface area contributed by atoms with Crippen LogP contribution in [0.1, 0.15) is 21.7 Å². The van der Waals surface area contributed by atoms with Crippen molar-refractivity contribution < 1.29 is 9.21 Å². The zero-order valence-corrected chi connectivity index (χ0v) is 15.6. The van der Waals surface area contributed by atoms with E-state index in [2.05, 4.69) is 15.3 Å². The molecule has 0 bridgehead atoms. The van der Waals surface area contributed by atoms with E-state index < -0.39 is 0 Å². The highest BCUT2D eigenvalue weighted by Gasteiger charge is 2.14. The summed E-state index contributed by atoms with van der Waals surface area (Å²) in [6.45, 7) is 4.08. The van der Waals surface area contributed by atoms with Crippen molar-refractivity contribution in [2.45, 2.75) is 13.8 Å². The largest absolute Gasteiger partial charge is 0.459 e. The molecule has 1 amide bonds. The Kier molecular flexibility index (Phi) is 4.72. The van der Waals surface area contributed by atoms with Crippen LogP contribution in [0, 0.1) is 13.8 Å². The molecule has 2 heterocycles. The van der Waals surface area contributed by atoms with Crippen molar-refractivity contribution in [3.8, 4) is 22.5 Å². The fourth-order valence-electron chi connectivity index (χ4n) is 2.82. The molecule has 0 spiro atoms. The molecule has 2 aromatic heterocycles. The van der Waals surface area contributed by atoms with E-state index in [0.717, 1.165) is 22.5 Å². The summed E-state index contributed by atoms with van der Waals surface area (Å²) in [5.74, 6) is 0.0530. The van der Waals surface area contributed by atoms with Crippen LogP contribution in [0.2, 0.25) is 0 Å². The van der Waals surface area contributed by atoms with Crippen LogP contribution in [0.4, 0.5) is 5.95 Å². The Morgan fingerprint density at radius 2 is 1.36 bits per heavy atom. The Hall–Kier alpha value is -3.73. The van der Waals surface area contributed by atoms with Gasteiger partial charge in [0.2, 0.25) is 5.95 Å². The van der Waals surface area contributed by atoms with E-state index in [0.29, 0.717) is 0 Å². The van der Waals surface area contributed by atoms with Crippen LogP contribution in [0.15, 0.2) is 77.4 Å². The second-order valence-corrected chi connectivity index (χ2v) is 6.63. The number of nitrogens with one attached hydrogen (secondary N) is 1. The van der Waals surface area contributed by atoms with Gasteiger partial charge in [-0.25, -0.2) is 9.97 Å². The first-order chi connectivity index (χ1) is 13.6. The molecule has 1 N–H and O–H groups in total. The summed E-state index contributed by atoms with van der Waals surface area (Å²) in [5, 5.41) is 2.73. The lowest BCUT2D eigenvalue weighted by molar-refractivity contribution is 0.0996. The van der Waals surface area contributed by atoms with Gasteiger partial charge in [0.05, 0.1) is 17.7 Å². The lowest BCUT2D eigenvalue weighted by Crippen LogP contribution is -2.14. The quantitative estimate of drug-likeness (QED) is 0.532. The number of carbonyl (C=O) groups is 1. The Bertz CT molecular complexity index is 1040. The molecule has 0 aliphatic carbocycles. The Balaban J connectivity index is 1.77. The van der Waals surface area contributed by atoms with E-state index in [-0.39, 0.29) is 17.6 Å². The summed E-state index contributed by atoms with van der Waals surface area (Å²) in [7, 11) is 0. The average Bonchev–Trinajstić information content (AvgIpc) is 3.24. The molecule has 0 fully saturated rings. The fraction of sp³-hybridized carbons (Fsp3) is 0.0870. The number of anilines is 1. The maximum atomic E-state index is 12.4. The number of benzene rings is 2. The SMILES string of the molecule is Cc1ccc(-c2cc(-c3ccc(C)cc3)nc(NC(=O)c3ccco3)n2)cc1. The molecule has 0 unspecified atom stereocenters. The minimum atomic E-state index is -0.388. The van der Waals surface area contributed by atoms with Gasteiger partial charge in [-0.05, 0) is 32.0 Å². The van der Waals surface area contributed by atoms with Gasteiger partial charge in [-0.2, -0.15) is 0 Å².